The largest absolute Gasteiger partial charge is 0.480 e. The molecule has 1 aromatic rings. The number of aryl methyl sites for hydroxylation is 1. The Kier molecular flexibility index (Phi) is 5.75. The van der Waals surface area contributed by atoms with E-state index in [9.17, 15) is 9.59 Å². The van der Waals surface area contributed by atoms with Gasteiger partial charge in [0, 0.05) is 11.1 Å². The fourth-order valence-electron chi connectivity index (χ4n) is 1.52. The van der Waals surface area contributed by atoms with E-state index < -0.39 is 18.0 Å². The van der Waals surface area contributed by atoms with E-state index in [2.05, 4.69) is 15.6 Å². The maximum atomic E-state index is 11.6. The van der Waals surface area contributed by atoms with Crippen molar-refractivity contribution in [1.82, 2.24) is 15.6 Å². The van der Waals surface area contributed by atoms with Gasteiger partial charge in [0.2, 0.25) is 0 Å². The van der Waals surface area contributed by atoms with Crippen molar-refractivity contribution in [2.75, 3.05) is 0 Å². The summed E-state index contributed by atoms with van der Waals surface area (Å²) < 4.78 is 0. The van der Waals surface area contributed by atoms with Gasteiger partial charge in [-0.1, -0.05) is 20.3 Å². The number of urea groups is 1. The van der Waals surface area contributed by atoms with Crippen LogP contribution in [0, 0.1) is 12.8 Å². The molecule has 2 amide bonds. The summed E-state index contributed by atoms with van der Waals surface area (Å²) in [5.41, 5.74) is 0.908. The van der Waals surface area contributed by atoms with Crippen LogP contribution in [0.15, 0.2) is 5.38 Å². The average Bonchev–Trinajstić information content (AvgIpc) is 2.78. The van der Waals surface area contributed by atoms with Gasteiger partial charge in [-0.15, -0.1) is 11.3 Å². The molecule has 0 aliphatic carbocycles. The second-order valence-electron chi connectivity index (χ2n) is 4.41. The maximum Gasteiger partial charge on any atom is 0.326 e. The van der Waals surface area contributed by atoms with Crippen LogP contribution in [-0.2, 0) is 11.3 Å². The van der Waals surface area contributed by atoms with Crippen molar-refractivity contribution >= 4 is 23.3 Å². The van der Waals surface area contributed by atoms with Crippen LogP contribution in [0.2, 0.25) is 0 Å². The van der Waals surface area contributed by atoms with Crippen LogP contribution in [0.5, 0.6) is 0 Å². The summed E-state index contributed by atoms with van der Waals surface area (Å²) in [4.78, 5) is 26.9. The van der Waals surface area contributed by atoms with E-state index in [0.29, 0.717) is 13.0 Å². The van der Waals surface area contributed by atoms with Crippen LogP contribution in [0.3, 0.4) is 0 Å². The first-order chi connectivity index (χ1) is 8.93. The van der Waals surface area contributed by atoms with Crippen molar-refractivity contribution in [3.8, 4) is 0 Å². The molecule has 106 valence electrons. The highest BCUT2D eigenvalue weighted by molar-refractivity contribution is 7.09. The number of nitrogens with zero attached hydrogens (tertiary/aromatic N) is 1. The number of aromatic nitrogens is 1. The standard InChI is InChI=1S/C12H19N3O3S/c1-4-7(2)10(11(16)17)15-12(18)13-5-9-14-8(3)6-19-9/h6-7,10H,4-5H2,1-3H3,(H,16,17)(H2,13,15,18)/t7?,10-/m0/s1. The van der Waals surface area contributed by atoms with Crippen molar-refractivity contribution in [3.63, 3.8) is 0 Å². The monoisotopic (exact) mass is 285 g/mol. The molecule has 6 nitrogen and oxygen atoms in total. The minimum absolute atomic E-state index is 0.120. The van der Waals surface area contributed by atoms with Gasteiger partial charge >= 0.3 is 12.0 Å². The number of hydrogen-bond donors (Lipinski definition) is 3. The fraction of sp³-hybridized carbons (Fsp3) is 0.583. The Morgan fingerprint density at radius 1 is 1.53 bits per heavy atom. The summed E-state index contributed by atoms with van der Waals surface area (Å²) in [7, 11) is 0. The molecule has 0 aliphatic heterocycles. The highest BCUT2D eigenvalue weighted by Crippen LogP contribution is 2.09. The van der Waals surface area contributed by atoms with Gasteiger partial charge < -0.3 is 15.7 Å². The smallest absolute Gasteiger partial charge is 0.326 e. The summed E-state index contributed by atoms with van der Waals surface area (Å²) >= 11 is 1.46. The number of carbonyl (C=O) groups is 2. The topological polar surface area (TPSA) is 91.3 Å². The minimum atomic E-state index is -1.02. The van der Waals surface area contributed by atoms with E-state index in [1.165, 1.54) is 11.3 Å². The molecule has 1 rings (SSSR count). The number of carboxylic acid groups (broad SMARTS) is 1. The van der Waals surface area contributed by atoms with Crippen molar-refractivity contribution in [2.45, 2.75) is 39.8 Å². The molecule has 1 aromatic heterocycles. The molecule has 0 saturated carbocycles. The van der Waals surface area contributed by atoms with Crippen molar-refractivity contribution in [2.24, 2.45) is 5.92 Å². The molecule has 19 heavy (non-hydrogen) atoms. The van der Waals surface area contributed by atoms with Crippen LogP contribution in [0.4, 0.5) is 4.79 Å². The van der Waals surface area contributed by atoms with Gasteiger partial charge in [0.25, 0.3) is 0 Å². The van der Waals surface area contributed by atoms with Gasteiger partial charge in [0.05, 0.1) is 6.54 Å². The van der Waals surface area contributed by atoms with E-state index in [1.54, 1.807) is 6.92 Å². The molecule has 0 radical (unpaired) electrons. The summed E-state index contributed by atoms with van der Waals surface area (Å²) in [6.07, 6.45) is 0.683. The van der Waals surface area contributed by atoms with Crippen molar-refractivity contribution < 1.29 is 14.7 Å². The lowest BCUT2D eigenvalue weighted by Crippen LogP contribution is -2.48. The molecule has 7 heteroatoms. The number of carbonyl (C=O) groups excluding carboxylic acids is 1. The van der Waals surface area contributed by atoms with Crippen LogP contribution in [0.25, 0.3) is 0 Å². The van der Waals surface area contributed by atoms with Gasteiger partial charge in [-0.2, -0.15) is 0 Å². The molecule has 0 aliphatic rings. The van der Waals surface area contributed by atoms with Crippen LogP contribution in [0.1, 0.15) is 31.0 Å². The van der Waals surface area contributed by atoms with Gasteiger partial charge in [-0.05, 0) is 12.8 Å². The van der Waals surface area contributed by atoms with Crippen molar-refractivity contribution in [3.05, 3.63) is 16.1 Å². The number of rotatable bonds is 6. The number of hydrogen-bond acceptors (Lipinski definition) is 4. The lowest BCUT2D eigenvalue weighted by molar-refractivity contribution is -0.140. The molecule has 0 bridgehead atoms. The van der Waals surface area contributed by atoms with E-state index >= 15 is 0 Å². The van der Waals surface area contributed by atoms with E-state index in [1.807, 2.05) is 19.2 Å². The second kappa shape index (κ2) is 7.08. The van der Waals surface area contributed by atoms with Gasteiger partial charge in [0.15, 0.2) is 0 Å². The Hall–Kier alpha value is -1.63. The first kappa shape index (κ1) is 15.4. The van der Waals surface area contributed by atoms with E-state index in [4.69, 9.17) is 5.11 Å². The minimum Gasteiger partial charge on any atom is -0.480 e. The quantitative estimate of drug-likeness (QED) is 0.742. The molecule has 0 saturated heterocycles. The summed E-state index contributed by atoms with van der Waals surface area (Å²) in [6.45, 7) is 5.86. The zero-order valence-electron chi connectivity index (χ0n) is 11.3. The highest BCUT2D eigenvalue weighted by Gasteiger charge is 2.25. The van der Waals surface area contributed by atoms with E-state index in [0.717, 1.165) is 10.7 Å². The van der Waals surface area contributed by atoms with Crippen LogP contribution >= 0.6 is 11.3 Å². The third kappa shape index (κ3) is 4.86. The predicted octanol–water partition coefficient (Wildman–Crippen LogP) is 1.75. The average molecular weight is 285 g/mol. The number of aliphatic carboxylic acids is 1. The van der Waals surface area contributed by atoms with E-state index in [-0.39, 0.29) is 5.92 Å². The fourth-order valence-corrected chi connectivity index (χ4v) is 2.23. The summed E-state index contributed by atoms with van der Waals surface area (Å²) in [5.74, 6) is -1.14. The Balaban J connectivity index is 2.46. The molecule has 3 N–H and O–H groups in total. The Bertz CT molecular complexity index is 447. The number of nitrogens with one attached hydrogen (secondary N) is 2. The molecule has 0 spiro atoms. The molecule has 1 unspecified atom stereocenters. The van der Waals surface area contributed by atoms with Crippen molar-refractivity contribution in [1.29, 1.82) is 0 Å². The normalized spacial score (nSPS) is 13.6. The number of carboxylic acids is 1. The summed E-state index contributed by atoms with van der Waals surface area (Å²) in [6, 6.07) is -1.36. The second-order valence-corrected chi connectivity index (χ2v) is 5.35. The predicted molar refractivity (Wildman–Crippen MR) is 73.1 cm³/mol. The zero-order valence-corrected chi connectivity index (χ0v) is 12.1. The van der Waals surface area contributed by atoms with Crippen LogP contribution < -0.4 is 10.6 Å². The number of thiazole rings is 1. The third-order valence-corrected chi connectivity index (χ3v) is 3.80. The van der Waals surface area contributed by atoms with Gasteiger partial charge in [0.1, 0.15) is 11.0 Å². The van der Waals surface area contributed by atoms with Gasteiger partial charge in [-0.25, -0.2) is 14.6 Å². The van der Waals surface area contributed by atoms with Crippen LogP contribution in [-0.4, -0.2) is 28.1 Å². The molecule has 2 atom stereocenters. The first-order valence-corrected chi connectivity index (χ1v) is 7.00. The zero-order chi connectivity index (χ0) is 14.4. The highest BCUT2D eigenvalue weighted by atomic mass is 32.1. The summed E-state index contributed by atoms with van der Waals surface area (Å²) in [5, 5.41) is 16.8. The molecule has 1 heterocycles. The maximum absolute atomic E-state index is 11.6. The number of amides is 2. The molecular weight excluding hydrogens is 266 g/mol. The molecule has 0 fully saturated rings. The first-order valence-electron chi connectivity index (χ1n) is 6.12. The molecular formula is C12H19N3O3S. The third-order valence-electron chi connectivity index (χ3n) is 2.83. The lowest BCUT2D eigenvalue weighted by Gasteiger charge is -2.20. The molecule has 0 aromatic carbocycles. The Morgan fingerprint density at radius 2 is 2.21 bits per heavy atom. The Labute approximate surface area is 116 Å². The van der Waals surface area contributed by atoms with Gasteiger partial charge in [-0.3, -0.25) is 0 Å². The lowest BCUT2D eigenvalue weighted by atomic mass is 9.99. The SMILES string of the molecule is CCC(C)[C@H](NC(=O)NCc1nc(C)cs1)C(=O)O. The Morgan fingerprint density at radius 3 is 2.68 bits per heavy atom.